The lowest BCUT2D eigenvalue weighted by Crippen LogP contribution is -2.21. The second-order valence-corrected chi connectivity index (χ2v) is 8.37. The van der Waals surface area contributed by atoms with E-state index in [-0.39, 0.29) is 28.9 Å². The lowest BCUT2D eigenvalue weighted by atomic mass is 9.90. The Balaban J connectivity index is 2.01. The number of aromatic amines is 1. The summed E-state index contributed by atoms with van der Waals surface area (Å²) in [6, 6.07) is 2.68. The van der Waals surface area contributed by atoms with Crippen LogP contribution in [-0.4, -0.2) is 25.3 Å². The number of H-pyrrole nitrogens is 1. The molecule has 0 saturated carbocycles. The molecule has 1 atom stereocenters. The number of nitrogens with one attached hydrogen (secondary N) is 1. The van der Waals surface area contributed by atoms with Gasteiger partial charge in [0.1, 0.15) is 11.6 Å². The topological polar surface area (TPSA) is 60.5 Å². The maximum Gasteiger partial charge on any atom is 0.419 e. The predicted molar refractivity (Wildman–Crippen MR) is 118 cm³/mol. The summed E-state index contributed by atoms with van der Waals surface area (Å²) in [7, 11) is 1.02. The van der Waals surface area contributed by atoms with Crippen LogP contribution in [0.5, 0.6) is 17.2 Å². The Morgan fingerprint density at radius 2 is 1.78 bits per heavy atom. The van der Waals surface area contributed by atoms with E-state index < -0.39 is 52.4 Å². The normalized spacial score (nSPS) is 15.9. The minimum absolute atomic E-state index is 0.0442. The highest BCUT2D eigenvalue weighted by Gasteiger charge is 2.37. The number of aryl methyl sites for hydroxylation is 1. The molecule has 0 bridgehead atoms. The Bertz CT molecular complexity index is 1380. The fraction of sp³-hybridized carbons (Fsp3) is 0.320. The molecule has 2 aromatic carbocycles. The third-order valence-corrected chi connectivity index (χ3v) is 6.15. The predicted octanol–water partition coefficient (Wildman–Crippen LogP) is 6.40. The van der Waals surface area contributed by atoms with E-state index >= 15 is 0 Å². The standard InChI is InChI=1S/C25H21F6NO4/c1-11-12(2)32-22(20(23(11)33)13-6-7-35-10-13)14-8-17(27)15(25(29,30)31)9-19(14)36-18-5-4-16(26)21(28)24(18)34-3/h4-5,8-9,13H,6-7,10H2,1-3H3,(H,32,33). The minimum Gasteiger partial charge on any atom is -0.490 e. The Morgan fingerprint density at radius 1 is 1.06 bits per heavy atom. The first-order chi connectivity index (χ1) is 16.9. The van der Waals surface area contributed by atoms with Gasteiger partial charge in [0, 0.05) is 34.9 Å². The first kappa shape index (κ1) is 25.6. The van der Waals surface area contributed by atoms with Crippen LogP contribution in [0, 0.1) is 31.3 Å². The summed E-state index contributed by atoms with van der Waals surface area (Å²) < 4.78 is 99.3. The number of halogens is 6. The summed E-state index contributed by atoms with van der Waals surface area (Å²) >= 11 is 0. The lowest BCUT2D eigenvalue weighted by Gasteiger charge is -2.21. The highest BCUT2D eigenvalue weighted by Crippen LogP contribution is 2.44. The molecule has 4 rings (SSSR count). The lowest BCUT2D eigenvalue weighted by molar-refractivity contribution is -0.140. The third-order valence-electron chi connectivity index (χ3n) is 6.15. The van der Waals surface area contributed by atoms with Crippen molar-refractivity contribution in [1.82, 2.24) is 4.98 Å². The molecule has 36 heavy (non-hydrogen) atoms. The van der Waals surface area contributed by atoms with Gasteiger partial charge < -0.3 is 19.2 Å². The van der Waals surface area contributed by atoms with Crippen LogP contribution in [-0.2, 0) is 10.9 Å². The van der Waals surface area contributed by atoms with Crippen LogP contribution < -0.4 is 14.9 Å². The third kappa shape index (κ3) is 4.55. The van der Waals surface area contributed by atoms with Gasteiger partial charge in [0.2, 0.25) is 11.6 Å². The number of hydrogen-bond donors (Lipinski definition) is 1. The molecule has 3 aromatic rings. The number of hydrogen-bond acceptors (Lipinski definition) is 4. The minimum atomic E-state index is -5.09. The number of rotatable bonds is 5. The van der Waals surface area contributed by atoms with Crippen LogP contribution in [0.4, 0.5) is 26.3 Å². The molecule has 1 aromatic heterocycles. The summed E-state index contributed by atoms with van der Waals surface area (Å²) in [5.74, 6) is -6.39. The van der Waals surface area contributed by atoms with Crippen molar-refractivity contribution < 1.29 is 40.6 Å². The second kappa shape index (κ2) is 9.53. The molecule has 1 unspecified atom stereocenters. The van der Waals surface area contributed by atoms with Gasteiger partial charge in [-0.05, 0) is 44.5 Å². The van der Waals surface area contributed by atoms with E-state index in [1.807, 2.05) is 0 Å². The Hall–Kier alpha value is -3.47. The number of pyridine rings is 1. The van der Waals surface area contributed by atoms with Crippen molar-refractivity contribution in [2.75, 3.05) is 20.3 Å². The van der Waals surface area contributed by atoms with E-state index in [2.05, 4.69) is 4.98 Å². The average molecular weight is 513 g/mol. The van der Waals surface area contributed by atoms with Crippen LogP contribution in [0.15, 0.2) is 29.1 Å². The summed E-state index contributed by atoms with van der Waals surface area (Å²) in [6.07, 6.45) is -4.62. The second-order valence-electron chi connectivity index (χ2n) is 8.37. The van der Waals surface area contributed by atoms with Gasteiger partial charge in [-0.15, -0.1) is 0 Å². The quantitative estimate of drug-likeness (QED) is 0.401. The van der Waals surface area contributed by atoms with Crippen LogP contribution in [0.2, 0.25) is 0 Å². The van der Waals surface area contributed by atoms with E-state index in [9.17, 15) is 31.1 Å². The molecule has 0 amide bonds. The van der Waals surface area contributed by atoms with Crippen LogP contribution in [0.3, 0.4) is 0 Å². The van der Waals surface area contributed by atoms with Crippen molar-refractivity contribution in [1.29, 1.82) is 0 Å². The number of aromatic nitrogens is 1. The van der Waals surface area contributed by atoms with Gasteiger partial charge in [0.15, 0.2) is 17.0 Å². The maximum absolute atomic E-state index is 14.8. The molecule has 1 aliphatic heterocycles. The number of alkyl halides is 3. The van der Waals surface area contributed by atoms with Gasteiger partial charge in [-0.3, -0.25) is 4.79 Å². The van der Waals surface area contributed by atoms with Crippen molar-refractivity contribution in [3.05, 3.63) is 74.3 Å². The summed E-state index contributed by atoms with van der Waals surface area (Å²) in [5.41, 5.74) is -1.17. The van der Waals surface area contributed by atoms with Crippen molar-refractivity contribution >= 4 is 0 Å². The molecule has 0 aliphatic carbocycles. The number of methoxy groups -OCH3 is 1. The largest absolute Gasteiger partial charge is 0.490 e. The number of ether oxygens (including phenoxy) is 3. The van der Waals surface area contributed by atoms with Crippen molar-refractivity contribution in [3.8, 4) is 28.5 Å². The molecular formula is C25H21F6NO4. The molecule has 1 N–H and O–H groups in total. The van der Waals surface area contributed by atoms with Gasteiger partial charge in [-0.1, -0.05) is 0 Å². The van der Waals surface area contributed by atoms with Gasteiger partial charge >= 0.3 is 6.18 Å². The molecule has 1 saturated heterocycles. The first-order valence-corrected chi connectivity index (χ1v) is 10.9. The van der Waals surface area contributed by atoms with Crippen LogP contribution in [0.25, 0.3) is 11.3 Å². The molecular weight excluding hydrogens is 492 g/mol. The first-order valence-electron chi connectivity index (χ1n) is 10.9. The fourth-order valence-electron chi connectivity index (χ4n) is 4.15. The zero-order valence-electron chi connectivity index (χ0n) is 19.4. The van der Waals surface area contributed by atoms with Crippen molar-refractivity contribution in [3.63, 3.8) is 0 Å². The van der Waals surface area contributed by atoms with Crippen molar-refractivity contribution in [2.45, 2.75) is 32.4 Å². The Kier molecular flexibility index (Phi) is 6.78. The van der Waals surface area contributed by atoms with E-state index in [1.54, 1.807) is 13.8 Å². The van der Waals surface area contributed by atoms with Gasteiger partial charge in [-0.25, -0.2) is 8.78 Å². The van der Waals surface area contributed by atoms with Gasteiger partial charge in [-0.2, -0.15) is 17.6 Å². The van der Waals surface area contributed by atoms with E-state index in [0.29, 0.717) is 42.5 Å². The zero-order valence-corrected chi connectivity index (χ0v) is 19.4. The van der Waals surface area contributed by atoms with Gasteiger partial charge in [0.25, 0.3) is 0 Å². The SMILES string of the molecule is COc1c(Oc2cc(C(F)(F)F)c(F)cc2-c2[nH]c(C)c(C)c(=O)c2C2CCOC2)ccc(F)c1F. The number of benzene rings is 2. The highest BCUT2D eigenvalue weighted by atomic mass is 19.4. The molecule has 1 fully saturated rings. The van der Waals surface area contributed by atoms with E-state index in [0.717, 1.165) is 13.2 Å². The molecule has 11 heteroatoms. The summed E-state index contributed by atoms with van der Waals surface area (Å²) in [5, 5.41) is 0. The molecule has 0 spiro atoms. The molecule has 192 valence electrons. The maximum atomic E-state index is 14.8. The fourth-order valence-corrected chi connectivity index (χ4v) is 4.15. The molecule has 5 nitrogen and oxygen atoms in total. The Morgan fingerprint density at radius 3 is 2.39 bits per heavy atom. The summed E-state index contributed by atoms with van der Waals surface area (Å²) in [4.78, 5) is 16.2. The zero-order chi connectivity index (χ0) is 26.4. The van der Waals surface area contributed by atoms with E-state index in [1.165, 1.54) is 0 Å². The van der Waals surface area contributed by atoms with E-state index in [4.69, 9.17) is 14.2 Å². The van der Waals surface area contributed by atoms with Crippen LogP contribution >= 0.6 is 0 Å². The van der Waals surface area contributed by atoms with Crippen molar-refractivity contribution in [2.24, 2.45) is 0 Å². The monoisotopic (exact) mass is 513 g/mol. The summed E-state index contributed by atoms with van der Waals surface area (Å²) in [6.45, 7) is 3.74. The average Bonchev–Trinajstić information content (AvgIpc) is 3.34. The van der Waals surface area contributed by atoms with Crippen LogP contribution in [0.1, 0.15) is 34.7 Å². The van der Waals surface area contributed by atoms with Gasteiger partial charge in [0.05, 0.1) is 25.0 Å². The molecule has 0 radical (unpaired) electrons. The highest BCUT2D eigenvalue weighted by molar-refractivity contribution is 5.73. The molecule has 1 aliphatic rings. The Labute approximate surface area is 201 Å². The smallest absolute Gasteiger partial charge is 0.419 e. The molecule has 2 heterocycles.